The van der Waals surface area contributed by atoms with Crippen molar-refractivity contribution in [3.05, 3.63) is 0 Å². The molecule has 2 heteroatoms. The second-order valence-corrected chi connectivity index (χ2v) is 6.44. The van der Waals surface area contributed by atoms with Gasteiger partial charge in [-0.2, -0.15) is 0 Å². The van der Waals surface area contributed by atoms with Crippen LogP contribution in [0.25, 0.3) is 0 Å². The minimum Gasteiger partial charge on any atom is -0.303 e. The molecular formula is C13H28BrN. The molecule has 0 aromatic heterocycles. The fourth-order valence-electron chi connectivity index (χ4n) is 1.85. The van der Waals surface area contributed by atoms with E-state index in [0.717, 1.165) is 11.2 Å². The van der Waals surface area contributed by atoms with E-state index in [1.54, 1.807) is 0 Å². The highest BCUT2D eigenvalue weighted by molar-refractivity contribution is 9.09. The second kappa shape index (κ2) is 6.90. The molecule has 0 bridgehead atoms. The van der Waals surface area contributed by atoms with Crippen LogP contribution in [-0.2, 0) is 0 Å². The van der Waals surface area contributed by atoms with Gasteiger partial charge in [0.2, 0.25) is 0 Å². The summed E-state index contributed by atoms with van der Waals surface area (Å²) in [5.41, 5.74) is 0.373. The Hall–Kier alpha value is 0.440. The van der Waals surface area contributed by atoms with Crippen molar-refractivity contribution in [3.8, 4) is 0 Å². The average molecular weight is 278 g/mol. The van der Waals surface area contributed by atoms with Crippen LogP contribution in [0.15, 0.2) is 0 Å². The summed E-state index contributed by atoms with van der Waals surface area (Å²) in [5.74, 6) is 0.796. The lowest BCUT2D eigenvalue weighted by molar-refractivity contribution is 0.125. The highest BCUT2D eigenvalue weighted by Gasteiger charge is 2.24. The quantitative estimate of drug-likeness (QED) is 0.659. The first-order valence-electron chi connectivity index (χ1n) is 6.09. The van der Waals surface area contributed by atoms with Gasteiger partial charge < -0.3 is 4.90 Å². The van der Waals surface area contributed by atoms with E-state index in [4.69, 9.17) is 0 Å². The molecule has 92 valence electrons. The molecule has 2 atom stereocenters. The molecule has 2 unspecified atom stereocenters. The molecule has 0 aliphatic heterocycles. The maximum Gasteiger partial charge on any atom is 0.0112 e. The normalized spacial score (nSPS) is 16.8. The van der Waals surface area contributed by atoms with Gasteiger partial charge in [-0.25, -0.2) is 0 Å². The fraction of sp³-hybridized carbons (Fsp3) is 1.00. The van der Waals surface area contributed by atoms with Crippen LogP contribution in [0.5, 0.6) is 0 Å². The molecule has 0 aromatic carbocycles. The van der Waals surface area contributed by atoms with Crippen LogP contribution in [0.1, 0.15) is 47.5 Å². The van der Waals surface area contributed by atoms with Gasteiger partial charge in [-0.05, 0) is 31.7 Å². The summed E-state index contributed by atoms with van der Waals surface area (Å²) in [5, 5.41) is 1.13. The predicted octanol–water partition coefficient (Wildman–Crippen LogP) is 4.16. The number of nitrogens with zero attached hydrogens (tertiary/aromatic N) is 1. The van der Waals surface area contributed by atoms with Crippen LogP contribution in [0, 0.1) is 11.3 Å². The molecular weight excluding hydrogens is 250 g/mol. The first-order chi connectivity index (χ1) is 6.82. The standard InChI is InChI=1S/C13H28BrN/c1-7-8-12(9-14)10-15(6)11(2)13(3,4)5/h11-12H,7-10H2,1-6H3. The van der Waals surface area contributed by atoms with E-state index < -0.39 is 0 Å². The van der Waals surface area contributed by atoms with Crippen LogP contribution in [0.4, 0.5) is 0 Å². The molecule has 0 fully saturated rings. The van der Waals surface area contributed by atoms with Gasteiger partial charge in [-0.3, -0.25) is 0 Å². The van der Waals surface area contributed by atoms with Crippen LogP contribution in [0.3, 0.4) is 0 Å². The molecule has 0 amide bonds. The van der Waals surface area contributed by atoms with Gasteiger partial charge in [0.1, 0.15) is 0 Å². The number of halogens is 1. The van der Waals surface area contributed by atoms with E-state index in [0.29, 0.717) is 11.5 Å². The Kier molecular flexibility index (Phi) is 7.10. The Bertz CT molecular complexity index is 162. The minimum absolute atomic E-state index is 0.373. The van der Waals surface area contributed by atoms with Crippen molar-refractivity contribution in [2.45, 2.75) is 53.5 Å². The Morgan fingerprint density at radius 3 is 2.13 bits per heavy atom. The fourth-order valence-corrected chi connectivity index (χ4v) is 2.38. The van der Waals surface area contributed by atoms with Crippen LogP contribution in [-0.4, -0.2) is 29.9 Å². The largest absolute Gasteiger partial charge is 0.303 e. The number of hydrogen-bond donors (Lipinski definition) is 0. The first kappa shape index (κ1) is 15.4. The third-order valence-corrected chi connectivity index (χ3v) is 4.29. The summed E-state index contributed by atoms with van der Waals surface area (Å²) in [7, 11) is 2.25. The van der Waals surface area contributed by atoms with Crippen molar-refractivity contribution in [1.82, 2.24) is 4.90 Å². The van der Waals surface area contributed by atoms with Crippen molar-refractivity contribution in [3.63, 3.8) is 0 Å². The van der Waals surface area contributed by atoms with Gasteiger partial charge >= 0.3 is 0 Å². The molecule has 15 heavy (non-hydrogen) atoms. The zero-order valence-corrected chi connectivity index (χ0v) is 12.9. The molecule has 0 saturated heterocycles. The SMILES string of the molecule is CCCC(CBr)CN(C)C(C)C(C)(C)C. The van der Waals surface area contributed by atoms with Gasteiger partial charge in [0.25, 0.3) is 0 Å². The Morgan fingerprint density at radius 2 is 1.80 bits per heavy atom. The Balaban J connectivity index is 4.15. The summed E-state index contributed by atoms with van der Waals surface area (Å²) < 4.78 is 0. The lowest BCUT2D eigenvalue weighted by atomic mass is 9.86. The van der Waals surface area contributed by atoms with Crippen molar-refractivity contribution in [1.29, 1.82) is 0 Å². The summed E-state index contributed by atoms with van der Waals surface area (Å²) in [4.78, 5) is 2.50. The van der Waals surface area contributed by atoms with Crippen molar-refractivity contribution in [2.24, 2.45) is 11.3 Å². The topological polar surface area (TPSA) is 3.24 Å². The molecule has 0 aromatic rings. The summed E-state index contributed by atoms with van der Waals surface area (Å²) in [6, 6.07) is 0.635. The molecule has 0 aliphatic rings. The minimum atomic E-state index is 0.373. The Morgan fingerprint density at radius 1 is 1.27 bits per heavy atom. The number of rotatable bonds is 6. The average Bonchev–Trinajstić information content (AvgIpc) is 2.14. The first-order valence-corrected chi connectivity index (χ1v) is 7.21. The smallest absolute Gasteiger partial charge is 0.0112 e. The number of alkyl halides is 1. The predicted molar refractivity (Wildman–Crippen MR) is 73.7 cm³/mol. The van der Waals surface area contributed by atoms with E-state index in [1.165, 1.54) is 19.4 Å². The van der Waals surface area contributed by atoms with E-state index >= 15 is 0 Å². The van der Waals surface area contributed by atoms with Crippen molar-refractivity contribution < 1.29 is 0 Å². The molecule has 0 spiro atoms. The van der Waals surface area contributed by atoms with Gasteiger partial charge in [0.15, 0.2) is 0 Å². The zero-order chi connectivity index (χ0) is 12.1. The van der Waals surface area contributed by atoms with Crippen molar-refractivity contribution >= 4 is 15.9 Å². The molecule has 0 heterocycles. The summed E-state index contributed by atoms with van der Waals surface area (Å²) in [6.07, 6.45) is 2.61. The van der Waals surface area contributed by atoms with E-state index in [-0.39, 0.29) is 0 Å². The maximum absolute atomic E-state index is 3.62. The highest BCUT2D eigenvalue weighted by atomic mass is 79.9. The number of hydrogen-bond acceptors (Lipinski definition) is 1. The van der Waals surface area contributed by atoms with Crippen LogP contribution in [0.2, 0.25) is 0 Å². The van der Waals surface area contributed by atoms with Gasteiger partial charge in [0.05, 0.1) is 0 Å². The van der Waals surface area contributed by atoms with Crippen molar-refractivity contribution in [2.75, 3.05) is 18.9 Å². The molecule has 0 radical (unpaired) electrons. The summed E-state index contributed by atoms with van der Waals surface area (Å²) in [6.45, 7) is 12.8. The van der Waals surface area contributed by atoms with Gasteiger partial charge in [-0.15, -0.1) is 0 Å². The lowest BCUT2D eigenvalue weighted by Crippen LogP contribution is -2.42. The molecule has 0 N–H and O–H groups in total. The monoisotopic (exact) mass is 277 g/mol. The Labute approximate surface area is 105 Å². The third-order valence-electron chi connectivity index (χ3n) is 3.38. The van der Waals surface area contributed by atoms with Crippen LogP contribution >= 0.6 is 15.9 Å². The summed E-state index contributed by atoms with van der Waals surface area (Å²) >= 11 is 3.62. The van der Waals surface area contributed by atoms with Gasteiger partial charge in [-0.1, -0.05) is 50.0 Å². The molecule has 0 rings (SSSR count). The van der Waals surface area contributed by atoms with Gasteiger partial charge in [0, 0.05) is 17.9 Å². The maximum atomic E-state index is 3.62. The van der Waals surface area contributed by atoms with E-state index in [9.17, 15) is 0 Å². The van der Waals surface area contributed by atoms with E-state index in [2.05, 4.69) is 62.5 Å². The molecule has 0 saturated carbocycles. The highest BCUT2D eigenvalue weighted by Crippen LogP contribution is 2.24. The second-order valence-electron chi connectivity index (χ2n) is 5.79. The van der Waals surface area contributed by atoms with Crippen LogP contribution < -0.4 is 0 Å². The lowest BCUT2D eigenvalue weighted by Gasteiger charge is -2.37. The molecule has 0 aliphatic carbocycles. The third kappa shape index (κ3) is 5.91. The molecule has 1 nitrogen and oxygen atoms in total. The van der Waals surface area contributed by atoms with E-state index in [1.807, 2.05) is 0 Å². The zero-order valence-electron chi connectivity index (χ0n) is 11.3.